The second-order valence-corrected chi connectivity index (χ2v) is 8.49. The first-order valence-corrected chi connectivity index (χ1v) is 11.9. The van der Waals surface area contributed by atoms with E-state index in [1.807, 2.05) is 12.1 Å². The van der Waals surface area contributed by atoms with Crippen molar-refractivity contribution in [3.05, 3.63) is 120 Å². The van der Waals surface area contributed by atoms with Gasteiger partial charge in [-0.2, -0.15) is 8.42 Å². The monoisotopic (exact) mass is 456 g/mol. The molecule has 0 atom stereocenters. The Bertz CT molecular complexity index is 1010. The van der Waals surface area contributed by atoms with Crippen LogP contribution in [0.4, 0.5) is 0 Å². The Morgan fingerprint density at radius 2 is 0.667 bits per heavy atom. The van der Waals surface area contributed by atoms with Gasteiger partial charge in [0.05, 0.1) is 0 Å². The first-order chi connectivity index (χ1) is 16.0. The molecule has 4 rings (SSSR count). The van der Waals surface area contributed by atoms with Crippen LogP contribution in [0.15, 0.2) is 109 Å². The van der Waals surface area contributed by atoms with Crippen LogP contribution < -0.4 is 0 Å². The summed E-state index contributed by atoms with van der Waals surface area (Å²) in [6.07, 6.45) is 0. The molecule has 0 saturated heterocycles. The molecule has 0 aliphatic carbocycles. The number of rotatable bonds is 4. The highest BCUT2D eigenvalue weighted by Crippen LogP contribution is 2.23. The third-order valence-electron chi connectivity index (χ3n) is 5.37. The summed E-state index contributed by atoms with van der Waals surface area (Å²) in [6.45, 7) is 8.88. The quantitative estimate of drug-likeness (QED) is 0.309. The topological polar surface area (TPSA) is 34.1 Å². The van der Waals surface area contributed by atoms with E-state index in [0.717, 1.165) is 0 Å². The average Bonchev–Trinajstić information content (AvgIpc) is 2.86. The largest absolute Gasteiger partial charge is 0.335 e. The zero-order chi connectivity index (χ0) is 24.1. The molecule has 0 unspecified atom stereocenters. The minimum absolute atomic E-state index is 0.606. The van der Waals surface area contributed by atoms with Gasteiger partial charge in [0.2, 0.25) is 0 Å². The van der Waals surface area contributed by atoms with Gasteiger partial charge in [0.25, 0.3) is 0 Å². The summed E-state index contributed by atoms with van der Waals surface area (Å²) in [5, 5.41) is 0. The van der Waals surface area contributed by atoms with Crippen molar-refractivity contribution in [1.29, 1.82) is 0 Å². The van der Waals surface area contributed by atoms with Crippen molar-refractivity contribution in [3.63, 3.8) is 0 Å². The summed E-state index contributed by atoms with van der Waals surface area (Å²) in [5.74, 6) is 1.21. The lowest BCUT2D eigenvalue weighted by Crippen LogP contribution is -1.86. The standard InChI is InChI=1S/2C15H16.O2S/c2*1-12(2)13-8-10-15(11-9-13)14-6-4-3-5-7-14;1-3-2/h2*3-12H,1-2H3;. The van der Waals surface area contributed by atoms with Crippen LogP contribution in [0.1, 0.15) is 50.7 Å². The maximum absolute atomic E-state index is 8.29. The Morgan fingerprint density at radius 1 is 0.424 bits per heavy atom. The van der Waals surface area contributed by atoms with Crippen LogP contribution in [0.3, 0.4) is 0 Å². The van der Waals surface area contributed by atoms with Gasteiger partial charge in [-0.25, -0.2) is 0 Å². The van der Waals surface area contributed by atoms with Crippen molar-refractivity contribution >= 4 is 11.6 Å². The van der Waals surface area contributed by atoms with Gasteiger partial charge in [-0.15, -0.1) is 0 Å². The second-order valence-electron chi connectivity index (χ2n) is 8.35. The van der Waals surface area contributed by atoms with Gasteiger partial charge in [-0.1, -0.05) is 137 Å². The smallest absolute Gasteiger partial charge is 0.168 e. The van der Waals surface area contributed by atoms with Crippen LogP contribution in [0.25, 0.3) is 22.3 Å². The summed E-state index contributed by atoms with van der Waals surface area (Å²) in [5.41, 5.74) is 7.95. The molecule has 170 valence electrons. The molecular formula is C30H32O2S. The van der Waals surface area contributed by atoms with E-state index in [-0.39, 0.29) is 0 Å². The van der Waals surface area contributed by atoms with E-state index in [4.69, 9.17) is 8.42 Å². The molecule has 2 nitrogen and oxygen atoms in total. The highest BCUT2D eigenvalue weighted by molar-refractivity contribution is 7.51. The van der Waals surface area contributed by atoms with Crippen molar-refractivity contribution in [1.82, 2.24) is 0 Å². The molecule has 0 aliphatic heterocycles. The summed E-state index contributed by atoms with van der Waals surface area (Å²) >= 11 is -0.750. The summed E-state index contributed by atoms with van der Waals surface area (Å²) < 4.78 is 16.6. The van der Waals surface area contributed by atoms with Gasteiger partial charge in [0, 0.05) is 0 Å². The number of hydrogen-bond donors (Lipinski definition) is 0. The fourth-order valence-electron chi connectivity index (χ4n) is 3.38. The lowest BCUT2D eigenvalue weighted by molar-refractivity contribution is 0.630. The third-order valence-corrected chi connectivity index (χ3v) is 5.37. The van der Waals surface area contributed by atoms with E-state index in [1.165, 1.54) is 33.4 Å². The Labute approximate surface area is 201 Å². The van der Waals surface area contributed by atoms with Gasteiger partial charge < -0.3 is 0 Å². The number of hydrogen-bond acceptors (Lipinski definition) is 2. The zero-order valence-electron chi connectivity index (χ0n) is 19.8. The van der Waals surface area contributed by atoms with Gasteiger partial charge in [-0.3, -0.25) is 0 Å². The van der Waals surface area contributed by atoms with E-state index < -0.39 is 11.6 Å². The van der Waals surface area contributed by atoms with Crippen molar-refractivity contribution < 1.29 is 8.42 Å². The first-order valence-electron chi connectivity index (χ1n) is 11.2. The molecule has 4 aromatic carbocycles. The van der Waals surface area contributed by atoms with E-state index in [1.54, 1.807) is 0 Å². The summed E-state index contributed by atoms with van der Waals surface area (Å²) in [7, 11) is 0. The van der Waals surface area contributed by atoms with E-state index in [0.29, 0.717) is 11.8 Å². The van der Waals surface area contributed by atoms with Gasteiger partial charge in [-0.05, 0) is 45.2 Å². The SMILES string of the molecule is CC(C)c1ccc(-c2ccccc2)cc1.CC(C)c1ccc(-c2ccccc2)cc1.O=S=O. The Kier molecular flexibility index (Phi) is 11.0. The van der Waals surface area contributed by atoms with Crippen LogP contribution in [0.2, 0.25) is 0 Å². The highest BCUT2D eigenvalue weighted by Gasteiger charge is 2.01. The van der Waals surface area contributed by atoms with E-state index >= 15 is 0 Å². The molecule has 0 bridgehead atoms. The lowest BCUT2D eigenvalue weighted by atomic mass is 9.99. The lowest BCUT2D eigenvalue weighted by Gasteiger charge is -2.06. The fraction of sp³-hybridized carbons (Fsp3) is 0.200. The summed E-state index contributed by atoms with van der Waals surface area (Å²) in [4.78, 5) is 0. The van der Waals surface area contributed by atoms with Crippen LogP contribution >= 0.6 is 0 Å². The minimum Gasteiger partial charge on any atom is -0.168 e. The Balaban J connectivity index is 0.000000209. The van der Waals surface area contributed by atoms with Crippen LogP contribution in [-0.2, 0) is 11.6 Å². The molecule has 33 heavy (non-hydrogen) atoms. The molecule has 0 heterocycles. The molecule has 0 amide bonds. The van der Waals surface area contributed by atoms with Gasteiger partial charge >= 0.3 is 11.6 Å². The second kappa shape index (κ2) is 14.0. The normalized spacial score (nSPS) is 10.0. The van der Waals surface area contributed by atoms with Crippen molar-refractivity contribution in [2.75, 3.05) is 0 Å². The molecule has 0 radical (unpaired) electrons. The Hall–Kier alpha value is -3.30. The molecule has 0 saturated carbocycles. The molecule has 0 aromatic heterocycles. The van der Waals surface area contributed by atoms with Crippen molar-refractivity contribution in [3.8, 4) is 22.3 Å². The molecule has 0 spiro atoms. The molecule has 0 fully saturated rings. The van der Waals surface area contributed by atoms with Gasteiger partial charge in [0.15, 0.2) is 0 Å². The molecule has 0 N–H and O–H groups in total. The minimum atomic E-state index is -0.750. The van der Waals surface area contributed by atoms with Crippen LogP contribution in [0, 0.1) is 0 Å². The fourth-order valence-corrected chi connectivity index (χ4v) is 3.38. The molecular weight excluding hydrogens is 424 g/mol. The molecule has 0 aliphatic rings. The summed E-state index contributed by atoms with van der Waals surface area (Å²) in [6, 6.07) is 38.6. The predicted molar refractivity (Wildman–Crippen MR) is 141 cm³/mol. The number of benzene rings is 4. The molecule has 3 heteroatoms. The van der Waals surface area contributed by atoms with Gasteiger partial charge in [0.1, 0.15) is 0 Å². The van der Waals surface area contributed by atoms with Crippen molar-refractivity contribution in [2.24, 2.45) is 0 Å². The van der Waals surface area contributed by atoms with E-state index in [2.05, 4.69) is 125 Å². The van der Waals surface area contributed by atoms with E-state index in [9.17, 15) is 0 Å². The predicted octanol–water partition coefficient (Wildman–Crippen LogP) is 8.28. The maximum atomic E-state index is 8.29. The third kappa shape index (κ3) is 8.63. The maximum Gasteiger partial charge on any atom is 0.335 e. The average molecular weight is 457 g/mol. The first kappa shape index (κ1) is 26.0. The Morgan fingerprint density at radius 3 is 0.909 bits per heavy atom. The molecule has 4 aromatic rings. The zero-order valence-corrected chi connectivity index (χ0v) is 20.6. The highest BCUT2D eigenvalue weighted by atomic mass is 32.1. The van der Waals surface area contributed by atoms with Crippen LogP contribution in [0.5, 0.6) is 0 Å². The van der Waals surface area contributed by atoms with Crippen LogP contribution in [-0.4, -0.2) is 8.42 Å². The van der Waals surface area contributed by atoms with Crippen molar-refractivity contribution in [2.45, 2.75) is 39.5 Å².